The van der Waals surface area contributed by atoms with Crippen LogP contribution in [-0.2, 0) is 4.79 Å². The molecule has 0 aromatic rings. The van der Waals surface area contributed by atoms with Crippen LogP contribution in [0.1, 0.15) is 32.6 Å². The Morgan fingerprint density at radius 2 is 2.20 bits per heavy atom. The van der Waals surface area contributed by atoms with Crippen molar-refractivity contribution in [3.8, 4) is 0 Å². The first-order valence-electron chi connectivity index (χ1n) is 5.27. The van der Waals surface area contributed by atoms with E-state index in [1.54, 1.807) is 11.8 Å². The van der Waals surface area contributed by atoms with Gasteiger partial charge in [0.2, 0.25) is 0 Å². The monoisotopic (exact) mass is 345 g/mol. The SMILES string of the molecule is CCCCCN(I)C(CCSC)C(=O)O. The van der Waals surface area contributed by atoms with Crippen LogP contribution in [0.25, 0.3) is 0 Å². The lowest BCUT2D eigenvalue weighted by Gasteiger charge is -2.21. The third kappa shape index (κ3) is 7.41. The average Bonchev–Trinajstić information content (AvgIpc) is 2.18. The lowest BCUT2D eigenvalue weighted by atomic mass is 10.2. The molecule has 0 heterocycles. The second-order valence-corrected chi connectivity index (χ2v) is 5.69. The maximum absolute atomic E-state index is 11.0. The van der Waals surface area contributed by atoms with E-state index >= 15 is 0 Å². The van der Waals surface area contributed by atoms with Crippen molar-refractivity contribution in [2.45, 2.75) is 38.6 Å². The van der Waals surface area contributed by atoms with Crippen molar-refractivity contribution < 1.29 is 9.90 Å². The van der Waals surface area contributed by atoms with Crippen LogP contribution < -0.4 is 0 Å². The van der Waals surface area contributed by atoms with Gasteiger partial charge in [0.15, 0.2) is 0 Å². The molecule has 0 amide bonds. The van der Waals surface area contributed by atoms with Crippen molar-refractivity contribution in [2.24, 2.45) is 0 Å². The molecule has 0 fully saturated rings. The number of carbonyl (C=O) groups is 1. The number of nitrogens with zero attached hydrogens (tertiary/aromatic N) is 1. The lowest BCUT2D eigenvalue weighted by molar-refractivity contribution is -0.141. The quantitative estimate of drug-likeness (QED) is 0.396. The highest BCUT2D eigenvalue weighted by Gasteiger charge is 2.22. The van der Waals surface area contributed by atoms with Gasteiger partial charge in [0.1, 0.15) is 6.04 Å². The first-order chi connectivity index (χ1) is 7.13. The second-order valence-electron chi connectivity index (χ2n) is 3.47. The van der Waals surface area contributed by atoms with Gasteiger partial charge in [0, 0.05) is 29.4 Å². The van der Waals surface area contributed by atoms with Crippen LogP contribution in [0.4, 0.5) is 0 Å². The molecule has 0 aromatic carbocycles. The summed E-state index contributed by atoms with van der Waals surface area (Å²) >= 11 is 3.84. The molecule has 15 heavy (non-hydrogen) atoms. The summed E-state index contributed by atoms with van der Waals surface area (Å²) in [7, 11) is 0. The minimum atomic E-state index is -0.699. The van der Waals surface area contributed by atoms with Gasteiger partial charge in [-0.1, -0.05) is 19.8 Å². The zero-order chi connectivity index (χ0) is 11.7. The summed E-state index contributed by atoms with van der Waals surface area (Å²) in [6.07, 6.45) is 6.17. The number of carboxylic acid groups (broad SMARTS) is 1. The summed E-state index contributed by atoms with van der Waals surface area (Å²) in [5.41, 5.74) is 0. The van der Waals surface area contributed by atoms with E-state index in [1.807, 2.05) is 9.37 Å². The standard InChI is InChI=1S/C10H20INO2S/c1-3-4-5-7-12(11)9(10(13)14)6-8-15-2/h9H,3-8H2,1-2H3,(H,13,14). The predicted molar refractivity (Wildman–Crippen MR) is 74.7 cm³/mol. The van der Waals surface area contributed by atoms with Crippen LogP contribution in [0.3, 0.4) is 0 Å². The molecule has 0 saturated heterocycles. The molecule has 0 aliphatic rings. The number of halogens is 1. The van der Waals surface area contributed by atoms with Gasteiger partial charge in [0.25, 0.3) is 0 Å². The number of hydrogen-bond acceptors (Lipinski definition) is 3. The molecule has 0 radical (unpaired) electrons. The van der Waals surface area contributed by atoms with Crippen molar-refractivity contribution in [1.82, 2.24) is 3.11 Å². The number of aliphatic carboxylic acids is 1. The molecule has 0 aliphatic carbocycles. The Morgan fingerprint density at radius 1 is 1.53 bits per heavy atom. The summed E-state index contributed by atoms with van der Waals surface area (Å²) in [4.78, 5) is 11.0. The van der Waals surface area contributed by atoms with Crippen LogP contribution in [0.2, 0.25) is 0 Å². The van der Waals surface area contributed by atoms with Gasteiger partial charge in [-0.15, -0.1) is 0 Å². The molecular weight excluding hydrogens is 325 g/mol. The minimum absolute atomic E-state index is 0.324. The van der Waals surface area contributed by atoms with Gasteiger partial charge in [-0.05, 0) is 24.9 Å². The van der Waals surface area contributed by atoms with Gasteiger partial charge >= 0.3 is 5.97 Å². The average molecular weight is 345 g/mol. The van der Waals surface area contributed by atoms with Gasteiger partial charge in [0.05, 0.1) is 0 Å². The Balaban J connectivity index is 3.93. The largest absolute Gasteiger partial charge is 0.480 e. The van der Waals surface area contributed by atoms with E-state index in [0.29, 0.717) is 0 Å². The summed E-state index contributed by atoms with van der Waals surface area (Å²) in [6, 6.07) is -0.324. The zero-order valence-electron chi connectivity index (χ0n) is 9.41. The van der Waals surface area contributed by atoms with Crippen molar-refractivity contribution in [1.29, 1.82) is 0 Å². The fourth-order valence-electron chi connectivity index (χ4n) is 1.28. The van der Waals surface area contributed by atoms with Crippen molar-refractivity contribution in [3.63, 3.8) is 0 Å². The molecule has 0 bridgehead atoms. The highest BCUT2D eigenvalue weighted by atomic mass is 127. The van der Waals surface area contributed by atoms with Crippen molar-refractivity contribution in [3.05, 3.63) is 0 Å². The Morgan fingerprint density at radius 3 is 2.67 bits per heavy atom. The molecule has 1 unspecified atom stereocenters. The Bertz CT molecular complexity index is 181. The van der Waals surface area contributed by atoms with E-state index in [0.717, 1.165) is 25.1 Å². The highest BCUT2D eigenvalue weighted by Crippen LogP contribution is 2.15. The third-order valence-electron chi connectivity index (χ3n) is 2.19. The molecular formula is C10H20INO2S. The maximum Gasteiger partial charge on any atom is 0.321 e. The first kappa shape index (κ1) is 15.5. The van der Waals surface area contributed by atoms with E-state index in [2.05, 4.69) is 29.8 Å². The maximum atomic E-state index is 11.0. The zero-order valence-corrected chi connectivity index (χ0v) is 12.4. The Kier molecular flexibility index (Phi) is 10.0. The summed E-state index contributed by atoms with van der Waals surface area (Å²) in [5.74, 6) is 0.208. The summed E-state index contributed by atoms with van der Waals surface area (Å²) in [6.45, 7) is 3.03. The molecule has 1 N–H and O–H groups in total. The van der Waals surface area contributed by atoms with Crippen LogP contribution in [0.15, 0.2) is 0 Å². The van der Waals surface area contributed by atoms with Gasteiger partial charge in [-0.2, -0.15) is 11.8 Å². The number of rotatable bonds is 9. The van der Waals surface area contributed by atoms with Crippen LogP contribution in [0, 0.1) is 0 Å². The molecule has 0 aliphatic heterocycles. The van der Waals surface area contributed by atoms with E-state index in [9.17, 15) is 4.79 Å². The Hall–Kier alpha value is 0.510. The molecule has 0 saturated carbocycles. The van der Waals surface area contributed by atoms with E-state index < -0.39 is 5.97 Å². The first-order valence-corrected chi connectivity index (χ1v) is 7.63. The third-order valence-corrected chi connectivity index (χ3v) is 3.99. The molecule has 3 nitrogen and oxygen atoms in total. The number of carboxylic acids is 1. The molecule has 0 aromatic heterocycles. The van der Waals surface area contributed by atoms with E-state index in [1.165, 1.54) is 12.8 Å². The lowest BCUT2D eigenvalue weighted by Crippen LogP contribution is -2.35. The Labute approximate surface area is 110 Å². The second kappa shape index (κ2) is 9.72. The summed E-state index contributed by atoms with van der Waals surface area (Å²) in [5, 5.41) is 9.07. The van der Waals surface area contributed by atoms with Crippen LogP contribution >= 0.6 is 34.6 Å². The van der Waals surface area contributed by atoms with E-state index in [4.69, 9.17) is 5.11 Å². The number of thioether (sulfide) groups is 1. The normalized spacial score (nSPS) is 13.1. The van der Waals surface area contributed by atoms with Crippen molar-refractivity contribution >= 4 is 40.6 Å². The van der Waals surface area contributed by atoms with Crippen molar-refractivity contribution in [2.75, 3.05) is 18.6 Å². The highest BCUT2D eigenvalue weighted by molar-refractivity contribution is 14.1. The fraction of sp³-hybridized carbons (Fsp3) is 0.900. The number of hydrogen-bond donors (Lipinski definition) is 1. The van der Waals surface area contributed by atoms with E-state index in [-0.39, 0.29) is 6.04 Å². The number of unbranched alkanes of at least 4 members (excludes halogenated alkanes) is 2. The summed E-state index contributed by atoms with van der Waals surface area (Å²) < 4.78 is 1.94. The predicted octanol–water partition coefficient (Wildman–Crippen LogP) is 3.03. The van der Waals surface area contributed by atoms with Gasteiger partial charge in [-0.25, -0.2) is 3.11 Å². The molecule has 0 spiro atoms. The minimum Gasteiger partial charge on any atom is -0.480 e. The molecule has 5 heteroatoms. The van der Waals surface area contributed by atoms with Gasteiger partial charge in [-0.3, -0.25) is 4.79 Å². The smallest absolute Gasteiger partial charge is 0.321 e. The fourth-order valence-corrected chi connectivity index (χ4v) is 2.60. The van der Waals surface area contributed by atoms with Crippen LogP contribution in [-0.4, -0.2) is 38.8 Å². The molecule has 90 valence electrons. The molecule has 0 rings (SSSR count). The van der Waals surface area contributed by atoms with Crippen LogP contribution in [0.5, 0.6) is 0 Å². The van der Waals surface area contributed by atoms with Gasteiger partial charge < -0.3 is 5.11 Å². The molecule has 1 atom stereocenters. The topological polar surface area (TPSA) is 40.5 Å².